The predicted octanol–water partition coefficient (Wildman–Crippen LogP) is 5.69. The van der Waals surface area contributed by atoms with Crippen LogP contribution in [0.3, 0.4) is 0 Å². The highest BCUT2D eigenvalue weighted by atomic mass is 79.9. The number of H-pyrrole nitrogens is 1. The first-order chi connectivity index (χ1) is 14.4. The van der Waals surface area contributed by atoms with Crippen molar-refractivity contribution in [2.45, 2.75) is 11.8 Å². The average molecular weight is 527 g/mol. The lowest BCUT2D eigenvalue weighted by Crippen LogP contribution is -2.14. The molecule has 0 saturated carbocycles. The van der Waals surface area contributed by atoms with Crippen molar-refractivity contribution in [3.63, 3.8) is 0 Å². The molecule has 0 saturated heterocycles. The Kier molecular flexibility index (Phi) is 7.32. The van der Waals surface area contributed by atoms with Crippen molar-refractivity contribution in [1.29, 1.82) is 5.26 Å². The molecule has 6 nitrogen and oxygen atoms in total. The van der Waals surface area contributed by atoms with Crippen molar-refractivity contribution < 1.29 is 9.47 Å². The third-order valence-corrected chi connectivity index (χ3v) is 5.93. The van der Waals surface area contributed by atoms with Crippen molar-refractivity contribution >= 4 is 50.9 Å². The number of benzene rings is 2. The smallest absolute Gasteiger partial charge is 0.270 e. The minimum atomic E-state index is -0.504. The van der Waals surface area contributed by atoms with Gasteiger partial charge in [-0.1, -0.05) is 41.0 Å². The van der Waals surface area contributed by atoms with Gasteiger partial charge in [-0.05, 0) is 46.5 Å². The Labute approximate surface area is 195 Å². The van der Waals surface area contributed by atoms with Crippen molar-refractivity contribution in [3.05, 3.63) is 66.3 Å². The fourth-order valence-electron chi connectivity index (χ4n) is 2.63. The molecule has 0 atom stereocenters. The lowest BCUT2D eigenvalue weighted by atomic mass is 10.1. The molecule has 30 heavy (non-hydrogen) atoms. The first kappa shape index (κ1) is 22.5. The summed E-state index contributed by atoms with van der Waals surface area (Å²) in [7, 11) is 1.50. The van der Waals surface area contributed by atoms with Crippen molar-refractivity contribution in [2.24, 2.45) is 0 Å². The molecule has 0 aliphatic carbocycles. The van der Waals surface area contributed by atoms with Crippen LogP contribution < -0.4 is 15.0 Å². The molecule has 0 unspecified atom stereocenters. The molecule has 10 heteroatoms. The molecule has 2 aromatic carbocycles. The normalized spacial score (nSPS) is 10.5. The number of aromatic amines is 1. The number of hydrogen-bond acceptors (Lipinski definition) is 6. The first-order valence-corrected chi connectivity index (χ1v) is 11.2. The van der Waals surface area contributed by atoms with Gasteiger partial charge in [0.1, 0.15) is 18.2 Å². The fraction of sp³-hybridized carbons (Fsp3) is 0.150. The minimum absolute atomic E-state index is 0.0860. The maximum absolute atomic E-state index is 12.2. The van der Waals surface area contributed by atoms with E-state index in [9.17, 15) is 10.1 Å². The number of nitriles is 1. The highest BCUT2D eigenvalue weighted by Crippen LogP contribution is 2.39. The van der Waals surface area contributed by atoms with Crippen molar-refractivity contribution in [1.82, 2.24) is 9.97 Å². The van der Waals surface area contributed by atoms with Crippen LogP contribution >= 0.6 is 50.9 Å². The Bertz CT molecular complexity index is 1210. The second-order valence-corrected chi connectivity index (χ2v) is 8.41. The Morgan fingerprint density at radius 3 is 2.67 bits per heavy atom. The van der Waals surface area contributed by atoms with Crippen molar-refractivity contribution in [3.8, 4) is 28.8 Å². The summed E-state index contributed by atoms with van der Waals surface area (Å²) in [5.74, 6) is 0.863. The maximum Gasteiger partial charge on any atom is 0.270 e. The minimum Gasteiger partial charge on any atom is -0.493 e. The molecule has 0 fully saturated rings. The molecule has 0 spiro atoms. The van der Waals surface area contributed by atoms with E-state index >= 15 is 0 Å². The van der Waals surface area contributed by atoms with Crippen LogP contribution in [0.15, 0.2) is 44.8 Å². The molecule has 3 rings (SSSR count). The third kappa shape index (κ3) is 4.76. The number of nitrogens with zero attached hydrogens (tertiary/aromatic N) is 2. The number of rotatable bonds is 6. The summed E-state index contributed by atoms with van der Waals surface area (Å²) < 4.78 is 11.9. The van der Waals surface area contributed by atoms with E-state index in [1.165, 1.54) is 18.9 Å². The largest absolute Gasteiger partial charge is 0.493 e. The van der Waals surface area contributed by atoms with E-state index in [-0.39, 0.29) is 17.9 Å². The van der Waals surface area contributed by atoms with Gasteiger partial charge in [0, 0.05) is 25.6 Å². The first-order valence-electron chi connectivity index (χ1n) is 8.41. The number of aromatic nitrogens is 2. The molecule has 0 aliphatic heterocycles. The second kappa shape index (κ2) is 9.75. The maximum atomic E-state index is 12.2. The van der Waals surface area contributed by atoms with Gasteiger partial charge in [0.05, 0.1) is 12.8 Å². The summed E-state index contributed by atoms with van der Waals surface area (Å²) in [6, 6.07) is 10.4. The number of thioether (sulfide) groups is 1. The molecule has 0 radical (unpaired) electrons. The molecule has 0 bridgehead atoms. The summed E-state index contributed by atoms with van der Waals surface area (Å²) in [6.07, 6.45) is 1.78. The Balaban J connectivity index is 2.02. The Morgan fingerprint density at radius 1 is 1.27 bits per heavy atom. The number of ether oxygens (including phenoxy) is 2. The molecule has 1 aromatic heterocycles. The van der Waals surface area contributed by atoms with E-state index in [0.29, 0.717) is 36.7 Å². The summed E-state index contributed by atoms with van der Waals surface area (Å²) >= 11 is 16.9. The van der Waals surface area contributed by atoms with Crippen molar-refractivity contribution in [2.75, 3.05) is 13.4 Å². The van der Waals surface area contributed by atoms with E-state index in [0.717, 1.165) is 5.56 Å². The molecular weight excluding hydrogens is 513 g/mol. The van der Waals surface area contributed by atoms with Crippen LogP contribution in [0.4, 0.5) is 0 Å². The van der Waals surface area contributed by atoms with Gasteiger partial charge >= 0.3 is 0 Å². The van der Waals surface area contributed by atoms with Crippen LogP contribution in [0, 0.1) is 11.3 Å². The quantitative estimate of drug-likeness (QED) is 0.328. The Morgan fingerprint density at radius 2 is 2.03 bits per heavy atom. The summed E-state index contributed by atoms with van der Waals surface area (Å²) in [4.78, 5) is 19.2. The van der Waals surface area contributed by atoms with Gasteiger partial charge in [-0.15, -0.1) is 0 Å². The molecule has 1 N–H and O–H groups in total. The number of nitrogens with one attached hydrogen (secondary N) is 1. The van der Waals surface area contributed by atoms with E-state index in [2.05, 4.69) is 25.9 Å². The zero-order valence-electron chi connectivity index (χ0n) is 15.8. The van der Waals surface area contributed by atoms with Gasteiger partial charge < -0.3 is 14.5 Å². The summed E-state index contributed by atoms with van der Waals surface area (Å²) in [5, 5.41) is 10.9. The topological polar surface area (TPSA) is 88.0 Å². The van der Waals surface area contributed by atoms with Gasteiger partial charge in [0.2, 0.25) is 0 Å². The number of halogens is 3. The van der Waals surface area contributed by atoms with Gasteiger partial charge in [0.15, 0.2) is 16.7 Å². The molecule has 0 aliphatic rings. The lowest BCUT2D eigenvalue weighted by Gasteiger charge is -2.15. The highest BCUT2D eigenvalue weighted by Gasteiger charge is 2.19. The van der Waals surface area contributed by atoms with E-state index in [4.69, 9.17) is 32.7 Å². The van der Waals surface area contributed by atoms with Crippen LogP contribution in [0.5, 0.6) is 11.5 Å². The Hall–Kier alpha value is -2.18. The summed E-state index contributed by atoms with van der Waals surface area (Å²) in [5.41, 5.74) is 0.952. The predicted molar refractivity (Wildman–Crippen MR) is 122 cm³/mol. The van der Waals surface area contributed by atoms with Gasteiger partial charge in [-0.2, -0.15) is 5.26 Å². The molecule has 3 aromatic rings. The van der Waals surface area contributed by atoms with E-state index < -0.39 is 5.56 Å². The fourth-order valence-corrected chi connectivity index (χ4v) is 3.98. The van der Waals surface area contributed by atoms with Gasteiger partial charge in [-0.3, -0.25) is 4.79 Å². The van der Waals surface area contributed by atoms with E-state index in [1.807, 2.05) is 6.07 Å². The monoisotopic (exact) mass is 525 g/mol. The zero-order chi connectivity index (χ0) is 21.8. The molecule has 0 amide bonds. The number of hydrogen-bond donors (Lipinski definition) is 1. The van der Waals surface area contributed by atoms with E-state index in [1.54, 1.807) is 36.6 Å². The summed E-state index contributed by atoms with van der Waals surface area (Å²) in [6.45, 7) is 0.196. The van der Waals surface area contributed by atoms with Crippen LogP contribution in [0.25, 0.3) is 11.3 Å². The third-order valence-electron chi connectivity index (χ3n) is 4.11. The second-order valence-electron chi connectivity index (χ2n) is 5.92. The zero-order valence-corrected chi connectivity index (χ0v) is 19.7. The lowest BCUT2D eigenvalue weighted by molar-refractivity contribution is 0.284. The van der Waals surface area contributed by atoms with Crippen LogP contribution in [-0.4, -0.2) is 23.3 Å². The standard InChI is InChI=1S/C20H14BrCl2N3O3S/c1-28-16-6-12(18-13(8-24)19(27)26-20(25-18)30-2)14(21)7-17(16)29-9-10-3-4-11(22)5-15(10)23/h3-7H,9H2,1-2H3,(H,25,26,27). The van der Waals surface area contributed by atoms with Crippen LogP contribution in [0.2, 0.25) is 10.0 Å². The van der Waals surface area contributed by atoms with Crippen LogP contribution in [0.1, 0.15) is 11.1 Å². The van der Waals surface area contributed by atoms with Gasteiger partial charge in [-0.25, -0.2) is 4.98 Å². The SMILES string of the molecule is COc1cc(-c2nc(SC)[nH]c(=O)c2C#N)c(Br)cc1OCc1ccc(Cl)cc1Cl. The average Bonchev–Trinajstić information content (AvgIpc) is 2.72. The van der Waals surface area contributed by atoms with Crippen LogP contribution in [-0.2, 0) is 6.61 Å². The number of methoxy groups -OCH3 is 1. The molecular formula is C20H14BrCl2N3O3S. The van der Waals surface area contributed by atoms with Gasteiger partial charge in [0.25, 0.3) is 5.56 Å². The highest BCUT2D eigenvalue weighted by molar-refractivity contribution is 9.10. The molecule has 154 valence electrons. The molecule has 1 heterocycles.